The zero-order valence-corrected chi connectivity index (χ0v) is 13.2. The predicted molar refractivity (Wildman–Crippen MR) is 99.1 cm³/mol. The van der Waals surface area contributed by atoms with E-state index in [-0.39, 0.29) is 0 Å². The van der Waals surface area contributed by atoms with Crippen LogP contribution in [0.4, 0.5) is 0 Å². The highest BCUT2D eigenvalue weighted by molar-refractivity contribution is 7.11. The van der Waals surface area contributed by atoms with Crippen LogP contribution in [0.15, 0.2) is 91.0 Å². The fourth-order valence-corrected chi connectivity index (χ4v) is 3.86. The Balaban J connectivity index is 2.29. The van der Waals surface area contributed by atoms with Crippen molar-refractivity contribution in [2.75, 3.05) is 0 Å². The van der Waals surface area contributed by atoms with Crippen LogP contribution in [-0.2, 0) is 0 Å². The van der Waals surface area contributed by atoms with Gasteiger partial charge in [-0.2, -0.15) is 22.7 Å². The second-order valence-electron chi connectivity index (χ2n) is 6.07. The lowest BCUT2D eigenvalue weighted by atomic mass is 9.14. The molecule has 0 aliphatic carbocycles. The van der Waals surface area contributed by atoms with E-state index < -0.39 is 6.15 Å². The Bertz CT molecular complexity index is 593. The molecule has 0 saturated carbocycles. The van der Waals surface area contributed by atoms with E-state index in [1.807, 2.05) is 0 Å². The highest BCUT2D eigenvalue weighted by Crippen LogP contribution is 2.14. The molecule has 0 saturated heterocycles. The molecule has 3 rings (SSSR count). The van der Waals surface area contributed by atoms with E-state index in [4.69, 9.17) is 0 Å². The van der Waals surface area contributed by atoms with E-state index in [0.29, 0.717) is 0 Å². The van der Waals surface area contributed by atoms with Gasteiger partial charge in [0.2, 0.25) is 0 Å². The molecule has 0 bridgehead atoms. The maximum atomic E-state index is 2.29. The van der Waals surface area contributed by atoms with Crippen molar-refractivity contribution >= 4 is 22.5 Å². The van der Waals surface area contributed by atoms with Crippen molar-refractivity contribution in [3.8, 4) is 0 Å². The SMILES string of the molecule is CCC[B-](c1ccccc1)(c1ccccc1)c1ccccc1. The quantitative estimate of drug-likeness (QED) is 0.629. The molecule has 110 valence electrons. The van der Waals surface area contributed by atoms with Gasteiger partial charge >= 0.3 is 0 Å². The number of benzene rings is 3. The third-order valence-corrected chi connectivity index (χ3v) is 4.83. The molecule has 0 nitrogen and oxygen atoms in total. The summed E-state index contributed by atoms with van der Waals surface area (Å²) in [6.07, 6.45) is 1.43. The van der Waals surface area contributed by atoms with Crippen LogP contribution < -0.4 is 16.4 Å². The molecule has 0 spiro atoms. The third-order valence-electron chi connectivity index (χ3n) is 4.83. The average Bonchev–Trinajstić information content (AvgIpc) is 2.62. The van der Waals surface area contributed by atoms with E-state index in [1.165, 1.54) is 22.8 Å². The fourth-order valence-electron chi connectivity index (χ4n) is 3.86. The standard InChI is InChI=1S/C21H22B/c1-2-18-22(19-12-6-3-7-13-19,20-14-8-4-9-15-20)21-16-10-5-11-17-21/h3-17H,2,18H2,1H3/q-1. The third kappa shape index (κ3) is 2.59. The minimum atomic E-state index is -0.905. The minimum Gasteiger partial charge on any atom is -0.200 e. The monoisotopic (exact) mass is 285 g/mol. The first-order valence-corrected chi connectivity index (χ1v) is 8.21. The van der Waals surface area contributed by atoms with Crippen molar-refractivity contribution in [1.29, 1.82) is 0 Å². The second kappa shape index (κ2) is 6.66. The first kappa shape index (κ1) is 14.7. The van der Waals surface area contributed by atoms with Gasteiger partial charge in [0.25, 0.3) is 0 Å². The summed E-state index contributed by atoms with van der Waals surface area (Å²) >= 11 is 0. The normalized spacial score (nSPS) is 11.3. The van der Waals surface area contributed by atoms with Crippen LogP contribution in [0.25, 0.3) is 0 Å². The van der Waals surface area contributed by atoms with Gasteiger partial charge in [-0.05, 0) is 0 Å². The molecule has 1 heteroatoms. The van der Waals surface area contributed by atoms with Crippen LogP contribution >= 0.6 is 0 Å². The van der Waals surface area contributed by atoms with Crippen LogP contribution in [0, 0.1) is 0 Å². The Morgan fingerprint density at radius 3 is 1.14 bits per heavy atom. The largest absolute Gasteiger partial charge is 0.200 e. The molecule has 0 heterocycles. The summed E-state index contributed by atoms with van der Waals surface area (Å²) in [5.41, 5.74) is 4.30. The van der Waals surface area contributed by atoms with E-state index >= 15 is 0 Å². The molecule has 22 heavy (non-hydrogen) atoms. The van der Waals surface area contributed by atoms with Crippen molar-refractivity contribution in [3.05, 3.63) is 91.0 Å². The summed E-state index contributed by atoms with van der Waals surface area (Å²) in [5.74, 6) is 0. The Morgan fingerprint density at radius 1 is 0.545 bits per heavy atom. The van der Waals surface area contributed by atoms with Crippen molar-refractivity contribution in [3.63, 3.8) is 0 Å². The summed E-state index contributed by atoms with van der Waals surface area (Å²) in [6, 6.07) is 33.0. The fraction of sp³-hybridized carbons (Fsp3) is 0.143. The van der Waals surface area contributed by atoms with Gasteiger partial charge in [-0.1, -0.05) is 104 Å². The smallest absolute Gasteiger partial charge is 0.0814 e. The Labute approximate surface area is 133 Å². The molecule has 3 aromatic carbocycles. The molecular formula is C21H22B-. The predicted octanol–water partition coefficient (Wildman–Crippen LogP) is 3.57. The highest BCUT2D eigenvalue weighted by Gasteiger charge is 2.28. The molecule has 0 aliphatic heterocycles. The van der Waals surface area contributed by atoms with Crippen molar-refractivity contribution in [2.45, 2.75) is 19.7 Å². The number of hydrogen-bond donors (Lipinski definition) is 0. The first-order valence-electron chi connectivity index (χ1n) is 8.21. The maximum Gasteiger partial charge on any atom is 0.0814 e. The van der Waals surface area contributed by atoms with Gasteiger partial charge in [0.15, 0.2) is 0 Å². The molecule has 0 amide bonds. The summed E-state index contributed by atoms with van der Waals surface area (Å²) in [5, 5.41) is 0. The van der Waals surface area contributed by atoms with Crippen molar-refractivity contribution < 1.29 is 0 Å². The average molecular weight is 285 g/mol. The zero-order chi connectivity index (χ0) is 15.3. The number of rotatable bonds is 5. The molecule has 0 aliphatic rings. The van der Waals surface area contributed by atoms with Gasteiger partial charge in [-0.15, -0.1) is 0 Å². The molecule has 0 fully saturated rings. The van der Waals surface area contributed by atoms with Crippen LogP contribution in [-0.4, -0.2) is 6.15 Å². The zero-order valence-electron chi connectivity index (χ0n) is 13.2. The van der Waals surface area contributed by atoms with Gasteiger partial charge < -0.3 is 0 Å². The Kier molecular flexibility index (Phi) is 4.43. The van der Waals surface area contributed by atoms with Crippen LogP contribution in [0.5, 0.6) is 0 Å². The summed E-state index contributed by atoms with van der Waals surface area (Å²) < 4.78 is 0. The lowest BCUT2D eigenvalue weighted by molar-refractivity contribution is 1.06. The summed E-state index contributed by atoms with van der Waals surface area (Å²) in [6.45, 7) is 2.28. The van der Waals surface area contributed by atoms with Gasteiger partial charge in [0.1, 0.15) is 0 Å². The molecule has 0 N–H and O–H groups in total. The van der Waals surface area contributed by atoms with Crippen molar-refractivity contribution in [2.24, 2.45) is 0 Å². The van der Waals surface area contributed by atoms with Crippen LogP contribution in [0.2, 0.25) is 6.32 Å². The Morgan fingerprint density at radius 2 is 0.864 bits per heavy atom. The van der Waals surface area contributed by atoms with Gasteiger partial charge in [0.05, 0.1) is 6.15 Å². The lowest BCUT2D eigenvalue weighted by Gasteiger charge is -2.43. The minimum absolute atomic E-state index is 0.905. The Hall–Kier alpha value is -2.28. The highest BCUT2D eigenvalue weighted by atomic mass is 14.1. The number of hydrogen-bond acceptors (Lipinski definition) is 0. The van der Waals surface area contributed by atoms with E-state index in [1.54, 1.807) is 0 Å². The molecule has 0 unspecified atom stereocenters. The molecule has 0 atom stereocenters. The topological polar surface area (TPSA) is 0 Å². The molecular weight excluding hydrogens is 263 g/mol. The van der Waals surface area contributed by atoms with E-state index in [2.05, 4.69) is 97.9 Å². The van der Waals surface area contributed by atoms with Gasteiger partial charge in [-0.3, -0.25) is 0 Å². The molecule has 3 aromatic rings. The van der Waals surface area contributed by atoms with Crippen molar-refractivity contribution in [1.82, 2.24) is 0 Å². The van der Waals surface area contributed by atoms with E-state index in [0.717, 1.165) is 6.32 Å². The van der Waals surface area contributed by atoms with Gasteiger partial charge in [0, 0.05) is 0 Å². The summed E-state index contributed by atoms with van der Waals surface area (Å²) in [7, 11) is 0. The molecule has 0 radical (unpaired) electrons. The molecule has 0 aromatic heterocycles. The lowest BCUT2D eigenvalue weighted by Crippen LogP contribution is -2.66. The maximum absolute atomic E-state index is 2.29. The van der Waals surface area contributed by atoms with Crippen LogP contribution in [0.1, 0.15) is 13.3 Å². The first-order chi connectivity index (χ1) is 10.9. The van der Waals surface area contributed by atoms with E-state index in [9.17, 15) is 0 Å². The second-order valence-corrected chi connectivity index (χ2v) is 6.07. The van der Waals surface area contributed by atoms with Crippen LogP contribution in [0.3, 0.4) is 0 Å². The van der Waals surface area contributed by atoms with Gasteiger partial charge in [-0.25, -0.2) is 0 Å². The summed E-state index contributed by atoms with van der Waals surface area (Å²) in [4.78, 5) is 0.